The molecule has 2 aromatic rings. The van der Waals surface area contributed by atoms with Crippen LogP contribution in [0.3, 0.4) is 0 Å². The molecule has 0 N–H and O–H groups in total. The van der Waals surface area contributed by atoms with Crippen molar-refractivity contribution in [3.63, 3.8) is 0 Å². The van der Waals surface area contributed by atoms with E-state index >= 15 is 0 Å². The van der Waals surface area contributed by atoms with Crippen molar-refractivity contribution in [2.75, 3.05) is 51.4 Å². The highest BCUT2D eigenvalue weighted by molar-refractivity contribution is 6.00. The van der Waals surface area contributed by atoms with Crippen LogP contribution in [0.5, 0.6) is 17.2 Å². The Morgan fingerprint density at radius 2 is 1.82 bits per heavy atom. The molecule has 0 atom stereocenters. The lowest BCUT2D eigenvalue weighted by Crippen LogP contribution is -2.49. The number of benzene rings is 2. The SMILES string of the molecule is COc1ccccc1N1CCN(C(=O)c2c3c(cc4c2OCC4)OCC3)CC1. The van der Waals surface area contributed by atoms with Crippen LogP contribution in [0.2, 0.25) is 0 Å². The average molecular weight is 380 g/mol. The van der Waals surface area contributed by atoms with Crippen molar-refractivity contribution >= 4 is 11.6 Å². The zero-order chi connectivity index (χ0) is 19.1. The third-order valence-corrected chi connectivity index (χ3v) is 5.86. The summed E-state index contributed by atoms with van der Waals surface area (Å²) >= 11 is 0. The van der Waals surface area contributed by atoms with E-state index in [1.807, 2.05) is 23.1 Å². The summed E-state index contributed by atoms with van der Waals surface area (Å²) in [5.74, 6) is 2.58. The molecule has 1 amide bonds. The maximum atomic E-state index is 13.4. The molecule has 2 aromatic carbocycles. The van der Waals surface area contributed by atoms with E-state index in [-0.39, 0.29) is 5.91 Å². The van der Waals surface area contributed by atoms with E-state index in [4.69, 9.17) is 14.2 Å². The molecule has 0 bridgehead atoms. The van der Waals surface area contributed by atoms with Crippen LogP contribution in [0.15, 0.2) is 30.3 Å². The number of hydrogen-bond acceptors (Lipinski definition) is 5. The average Bonchev–Trinajstić information content (AvgIpc) is 3.40. The standard InChI is InChI=1S/C22H24N2O4/c1-26-18-5-3-2-4-17(18)23-8-10-24(11-9-23)22(25)20-16-7-13-27-19(16)14-15-6-12-28-21(15)20/h2-5,14H,6-13H2,1H3. The van der Waals surface area contributed by atoms with Crippen molar-refractivity contribution in [2.45, 2.75) is 12.8 Å². The predicted octanol–water partition coefficient (Wildman–Crippen LogP) is 2.53. The van der Waals surface area contributed by atoms with Crippen LogP contribution in [0.25, 0.3) is 0 Å². The first-order valence-electron chi connectivity index (χ1n) is 9.88. The molecule has 0 unspecified atom stereocenters. The Hall–Kier alpha value is -2.89. The van der Waals surface area contributed by atoms with Crippen LogP contribution in [0.4, 0.5) is 5.69 Å². The number of carbonyl (C=O) groups is 1. The van der Waals surface area contributed by atoms with Gasteiger partial charge in [-0.25, -0.2) is 0 Å². The fraction of sp³-hybridized carbons (Fsp3) is 0.409. The quantitative estimate of drug-likeness (QED) is 0.819. The number of ether oxygens (including phenoxy) is 3. The summed E-state index contributed by atoms with van der Waals surface area (Å²) in [6.45, 7) is 4.19. The molecule has 0 saturated carbocycles. The van der Waals surface area contributed by atoms with Crippen molar-refractivity contribution in [1.82, 2.24) is 4.90 Å². The van der Waals surface area contributed by atoms with Gasteiger partial charge in [-0.2, -0.15) is 0 Å². The normalized spacial score (nSPS) is 17.6. The van der Waals surface area contributed by atoms with Gasteiger partial charge in [-0.3, -0.25) is 4.79 Å². The van der Waals surface area contributed by atoms with E-state index in [9.17, 15) is 4.79 Å². The Morgan fingerprint density at radius 1 is 1.04 bits per heavy atom. The van der Waals surface area contributed by atoms with Gasteiger partial charge in [0.1, 0.15) is 17.2 Å². The fourth-order valence-electron chi connectivity index (χ4n) is 4.41. The minimum atomic E-state index is 0.0696. The summed E-state index contributed by atoms with van der Waals surface area (Å²) in [6.07, 6.45) is 1.61. The monoisotopic (exact) mass is 380 g/mol. The summed E-state index contributed by atoms with van der Waals surface area (Å²) in [5.41, 5.74) is 3.91. The number of piperazine rings is 1. The van der Waals surface area contributed by atoms with Crippen molar-refractivity contribution in [2.24, 2.45) is 0 Å². The largest absolute Gasteiger partial charge is 0.495 e. The number of para-hydroxylation sites is 2. The Labute approximate surface area is 164 Å². The van der Waals surface area contributed by atoms with E-state index in [1.54, 1.807) is 7.11 Å². The first kappa shape index (κ1) is 17.2. The van der Waals surface area contributed by atoms with Crippen LogP contribution in [-0.2, 0) is 12.8 Å². The van der Waals surface area contributed by atoms with Crippen molar-refractivity contribution in [3.05, 3.63) is 47.0 Å². The lowest BCUT2D eigenvalue weighted by Gasteiger charge is -2.37. The van der Waals surface area contributed by atoms with Gasteiger partial charge in [-0.15, -0.1) is 0 Å². The molecule has 6 nitrogen and oxygen atoms in total. The fourth-order valence-corrected chi connectivity index (χ4v) is 4.41. The maximum Gasteiger partial charge on any atom is 0.258 e. The molecule has 28 heavy (non-hydrogen) atoms. The molecule has 0 aliphatic carbocycles. The summed E-state index contributed by atoms with van der Waals surface area (Å²) in [6, 6.07) is 10.1. The van der Waals surface area contributed by atoms with Gasteiger partial charge in [0, 0.05) is 50.1 Å². The van der Waals surface area contributed by atoms with E-state index < -0.39 is 0 Å². The highest BCUT2D eigenvalue weighted by Crippen LogP contribution is 2.41. The first-order chi connectivity index (χ1) is 13.8. The molecule has 0 spiro atoms. The van der Waals surface area contributed by atoms with Gasteiger partial charge in [0.25, 0.3) is 5.91 Å². The summed E-state index contributed by atoms with van der Waals surface area (Å²) in [4.78, 5) is 17.7. The van der Waals surface area contributed by atoms with Gasteiger partial charge >= 0.3 is 0 Å². The highest BCUT2D eigenvalue weighted by atomic mass is 16.5. The van der Waals surface area contributed by atoms with Gasteiger partial charge < -0.3 is 24.0 Å². The molecule has 0 aromatic heterocycles. The van der Waals surface area contributed by atoms with Gasteiger partial charge in [-0.05, 0) is 18.2 Å². The molecule has 3 aliphatic heterocycles. The number of fused-ring (bicyclic) bond motifs is 2. The Kier molecular flexibility index (Phi) is 4.26. The second kappa shape index (κ2) is 6.93. The first-order valence-corrected chi connectivity index (χ1v) is 9.88. The zero-order valence-electron chi connectivity index (χ0n) is 16.1. The number of rotatable bonds is 3. The smallest absolute Gasteiger partial charge is 0.258 e. The van der Waals surface area contributed by atoms with Gasteiger partial charge in [-0.1, -0.05) is 12.1 Å². The molecule has 146 valence electrons. The molecule has 3 heterocycles. The molecule has 0 radical (unpaired) electrons. The molecular weight excluding hydrogens is 356 g/mol. The van der Waals surface area contributed by atoms with E-state index in [0.717, 1.165) is 65.6 Å². The van der Waals surface area contributed by atoms with Crippen LogP contribution in [0, 0.1) is 0 Å². The van der Waals surface area contributed by atoms with E-state index in [2.05, 4.69) is 17.0 Å². The van der Waals surface area contributed by atoms with Gasteiger partial charge in [0.15, 0.2) is 0 Å². The maximum absolute atomic E-state index is 13.4. The number of nitrogens with zero attached hydrogens (tertiary/aromatic N) is 2. The van der Waals surface area contributed by atoms with Gasteiger partial charge in [0.2, 0.25) is 0 Å². The van der Waals surface area contributed by atoms with Crippen LogP contribution >= 0.6 is 0 Å². The van der Waals surface area contributed by atoms with Crippen molar-refractivity contribution in [3.8, 4) is 17.2 Å². The zero-order valence-corrected chi connectivity index (χ0v) is 16.1. The minimum Gasteiger partial charge on any atom is -0.495 e. The number of amides is 1. The molecule has 1 saturated heterocycles. The van der Waals surface area contributed by atoms with Crippen LogP contribution in [0.1, 0.15) is 21.5 Å². The van der Waals surface area contributed by atoms with E-state index in [1.165, 1.54) is 0 Å². The molecule has 3 aliphatic rings. The summed E-state index contributed by atoms with van der Waals surface area (Å²) in [5, 5.41) is 0. The molecule has 6 heteroatoms. The summed E-state index contributed by atoms with van der Waals surface area (Å²) in [7, 11) is 1.69. The van der Waals surface area contributed by atoms with Crippen molar-refractivity contribution in [1.29, 1.82) is 0 Å². The lowest BCUT2D eigenvalue weighted by atomic mass is 9.98. The van der Waals surface area contributed by atoms with Crippen LogP contribution in [-0.4, -0.2) is 57.3 Å². The second-order valence-corrected chi connectivity index (χ2v) is 7.36. The topological polar surface area (TPSA) is 51.2 Å². The third kappa shape index (κ3) is 2.75. The molecular formula is C22H24N2O4. The second-order valence-electron chi connectivity index (χ2n) is 7.36. The van der Waals surface area contributed by atoms with E-state index in [0.29, 0.717) is 26.3 Å². The lowest BCUT2D eigenvalue weighted by molar-refractivity contribution is 0.0742. The number of hydrogen-bond donors (Lipinski definition) is 0. The minimum absolute atomic E-state index is 0.0696. The van der Waals surface area contributed by atoms with Crippen LogP contribution < -0.4 is 19.1 Å². The predicted molar refractivity (Wildman–Crippen MR) is 106 cm³/mol. The Bertz CT molecular complexity index is 887. The highest BCUT2D eigenvalue weighted by Gasteiger charge is 2.33. The molecule has 1 fully saturated rings. The number of methoxy groups -OCH3 is 1. The van der Waals surface area contributed by atoms with Crippen molar-refractivity contribution < 1.29 is 19.0 Å². The number of carbonyl (C=O) groups excluding carboxylic acids is 1. The van der Waals surface area contributed by atoms with Gasteiger partial charge in [0.05, 0.1) is 31.6 Å². The third-order valence-electron chi connectivity index (χ3n) is 5.86. The summed E-state index contributed by atoms with van der Waals surface area (Å²) < 4.78 is 17.1. The Morgan fingerprint density at radius 3 is 2.64 bits per heavy atom. The molecule has 5 rings (SSSR count). The number of anilines is 1. The Balaban J connectivity index is 1.38.